The molecule has 0 bridgehead atoms. The molecule has 1 atom stereocenters. The standard InChI is InChI=1S/C9H19NO/c1-8(10-2)4-3-5-9(11)6-7-9/h8,10-11H,3-7H2,1-2H3. The number of hydrogen-bond acceptors (Lipinski definition) is 2. The fraction of sp³-hybridized carbons (Fsp3) is 1.00. The Labute approximate surface area is 69.0 Å². The Morgan fingerprint density at radius 2 is 2.18 bits per heavy atom. The van der Waals surface area contributed by atoms with E-state index >= 15 is 0 Å². The van der Waals surface area contributed by atoms with Crippen molar-refractivity contribution in [2.24, 2.45) is 0 Å². The van der Waals surface area contributed by atoms with Crippen LogP contribution < -0.4 is 5.32 Å². The third-order valence-corrected chi connectivity index (χ3v) is 2.60. The van der Waals surface area contributed by atoms with Gasteiger partial charge in [-0.25, -0.2) is 0 Å². The lowest BCUT2D eigenvalue weighted by Gasteiger charge is -2.11. The van der Waals surface area contributed by atoms with Crippen molar-refractivity contribution in [3.63, 3.8) is 0 Å². The first-order chi connectivity index (χ1) is 5.16. The van der Waals surface area contributed by atoms with Gasteiger partial charge >= 0.3 is 0 Å². The molecule has 2 N–H and O–H groups in total. The second-order valence-corrected chi connectivity index (χ2v) is 3.81. The molecule has 1 rings (SSSR count). The van der Waals surface area contributed by atoms with Crippen LogP contribution in [0.15, 0.2) is 0 Å². The summed E-state index contributed by atoms with van der Waals surface area (Å²) in [6.07, 6.45) is 5.39. The zero-order chi connectivity index (χ0) is 8.32. The molecular weight excluding hydrogens is 138 g/mol. The van der Waals surface area contributed by atoms with Crippen LogP contribution in [0.25, 0.3) is 0 Å². The van der Waals surface area contributed by atoms with Crippen LogP contribution in [0.4, 0.5) is 0 Å². The van der Waals surface area contributed by atoms with Crippen LogP contribution in [0.1, 0.15) is 39.0 Å². The lowest BCUT2D eigenvalue weighted by Crippen LogP contribution is -2.21. The van der Waals surface area contributed by atoms with E-state index in [-0.39, 0.29) is 5.60 Å². The minimum absolute atomic E-state index is 0.243. The molecule has 66 valence electrons. The van der Waals surface area contributed by atoms with E-state index in [4.69, 9.17) is 0 Å². The molecule has 0 spiro atoms. The molecule has 0 aromatic carbocycles. The molecule has 0 amide bonds. The van der Waals surface area contributed by atoms with Crippen LogP contribution in [0.3, 0.4) is 0 Å². The topological polar surface area (TPSA) is 32.3 Å². The van der Waals surface area contributed by atoms with E-state index in [9.17, 15) is 5.11 Å². The molecule has 2 nitrogen and oxygen atoms in total. The highest BCUT2D eigenvalue weighted by molar-refractivity contribution is 4.92. The Morgan fingerprint density at radius 1 is 1.55 bits per heavy atom. The van der Waals surface area contributed by atoms with E-state index in [1.54, 1.807) is 0 Å². The van der Waals surface area contributed by atoms with E-state index in [1.165, 1.54) is 6.42 Å². The molecule has 1 fully saturated rings. The summed E-state index contributed by atoms with van der Waals surface area (Å²) >= 11 is 0. The van der Waals surface area contributed by atoms with Crippen LogP contribution in [0, 0.1) is 0 Å². The lowest BCUT2D eigenvalue weighted by atomic mass is 10.1. The van der Waals surface area contributed by atoms with Gasteiger partial charge in [0.05, 0.1) is 5.60 Å². The van der Waals surface area contributed by atoms with Gasteiger partial charge in [-0.15, -0.1) is 0 Å². The molecule has 0 aromatic heterocycles. The Balaban J connectivity index is 1.95. The van der Waals surface area contributed by atoms with Gasteiger partial charge in [-0.05, 0) is 46.1 Å². The molecule has 1 aliphatic carbocycles. The number of rotatable bonds is 5. The molecule has 0 aliphatic heterocycles. The van der Waals surface area contributed by atoms with E-state index in [0.29, 0.717) is 6.04 Å². The van der Waals surface area contributed by atoms with E-state index < -0.39 is 0 Å². The van der Waals surface area contributed by atoms with Crippen LogP contribution in [-0.2, 0) is 0 Å². The second-order valence-electron chi connectivity index (χ2n) is 3.81. The monoisotopic (exact) mass is 157 g/mol. The van der Waals surface area contributed by atoms with Crippen molar-refractivity contribution in [2.45, 2.75) is 50.7 Å². The SMILES string of the molecule is CNC(C)CCCC1(O)CC1. The first-order valence-electron chi connectivity index (χ1n) is 4.56. The van der Waals surface area contributed by atoms with Crippen molar-refractivity contribution >= 4 is 0 Å². The number of aliphatic hydroxyl groups is 1. The molecule has 0 radical (unpaired) electrons. The normalized spacial score (nSPS) is 23.2. The van der Waals surface area contributed by atoms with Crippen LogP contribution in [0.2, 0.25) is 0 Å². The van der Waals surface area contributed by atoms with Gasteiger partial charge in [0.15, 0.2) is 0 Å². The Morgan fingerprint density at radius 3 is 2.64 bits per heavy atom. The summed E-state index contributed by atoms with van der Waals surface area (Å²) in [7, 11) is 1.98. The fourth-order valence-electron chi connectivity index (χ4n) is 1.28. The zero-order valence-electron chi connectivity index (χ0n) is 7.56. The van der Waals surface area contributed by atoms with E-state index in [2.05, 4.69) is 12.2 Å². The van der Waals surface area contributed by atoms with Gasteiger partial charge in [-0.2, -0.15) is 0 Å². The highest BCUT2D eigenvalue weighted by Crippen LogP contribution is 2.39. The van der Waals surface area contributed by atoms with Crippen molar-refractivity contribution in [1.29, 1.82) is 0 Å². The molecule has 0 heterocycles. The summed E-state index contributed by atoms with van der Waals surface area (Å²) in [6.45, 7) is 2.18. The van der Waals surface area contributed by atoms with Gasteiger partial charge in [-0.3, -0.25) is 0 Å². The molecule has 1 saturated carbocycles. The van der Waals surface area contributed by atoms with E-state index in [1.807, 2.05) is 7.05 Å². The van der Waals surface area contributed by atoms with Gasteiger partial charge in [0.2, 0.25) is 0 Å². The first-order valence-corrected chi connectivity index (χ1v) is 4.56. The molecule has 0 saturated heterocycles. The Bertz CT molecular complexity index is 121. The van der Waals surface area contributed by atoms with Crippen molar-refractivity contribution in [3.8, 4) is 0 Å². The first kappa shape index (κ1) is 9.01. The molecular formula is C9H19NO. The predicted molar refractivity (Wildman–Crippen MR) is 46.6 cm³/mol. The number of hydrogen-bond donors (Lipinski definition) is 2. The maximum Gasteiger partial charge on any atom is 0.0650 e. The summed E-state index contributed by atoms with van der Waals surface area (Å²) in [5, 5.41) is 12.7. The zero-order valence-corrected chi connectivity index (χ0v) is 7.56. The summed E-state index contributed by atoms with van der Waals surface area (Å²) in [6, 6.07) is 0.595. The third-order valence-electron chi connectivity index (χ3n) is 2.60. The molecule has 1 aliphatic rings. The van der Waals surface area contributed by atoms with Crippen molar-refractivity contribution < 1.29 is 5.11 Å². The second kappa shape index (κ2) is 3.55. The third kappa shape index (κ3) is 3.21. The lowest BCUT2D eigenvalue weighted by molar-refractivity contribution is 0.135. The minimum Gasteiger partial charge on any atom is -0.390 e. The minimum atomic E-state index is -0.243. The van der Waals surface area contributed by atoms with E-state index in [0.717, 1.165) is 25.7 Å². The van der Waals surface area contributed by atoms with Gasteiger partial charge in [-0.1, -0.05) is 0 Å². The summed E-state index contributed by atoms with van der Waals surface area (Å²) in [4.78, 5) is 0. The van der Waals surface area contributed by atoms with Crippen LogP contribution in [-0.4, -0.2) is 23.8 Å². The molecule has 2 heteroatoms. The average Bonchev–Trinajstić information content (AvgIpc) is 2.68. The van der Waals surface area contributed by atoms with Crippen molar-refractivity contribution in [3.05, 3.63) is 0 Å². The molecule has 0 aromatic rings. The van der Waals surface area contributed by atoms with Gasteiger partial charge in [0.1, 0.15) is 0 Å². The van der Waals surface area contributed by atoms with Gasteiger partial charge < -0.3 is 10.4 Å². The van der Waals surface area contributed by atoms with Crippen molar-refractivity contribution in [2.75, 3.05) is 7.05 Å². The summed E-state index contributed by atoms with van der Waals surface area (Å²) < 4.78 is 0. The maximum absolute atomic E-state index is 9.49. The number of nitrogens with one attached hydrogen (secondary N) is 1. The quantitative estimate of drug-likeness (QED) is 0.630. The smallest absolute Gasteiger partial charge is 0.0650 e. The highest BCUT2D eigenvalue weighted by Gasteiger charge is 2.39. The van der Waals surface area contributed by atoms with Crippen molar-refractivity contribution in [1.82, 2.24) is 5.32 Å². The Hall–Kier alpha value is -0.0800. The Kier molecular flexibility index (Phi) is 2.90. The van der Waals surface area contributed by atoms with Gasteiger partial charge in [0, 0.05) is 6.04 Å². The average molecular weight is 157 g/mol. The fourth-order valence-corrected chi connectivity index (χ4v) is 1.28. The molecule has 11 heavy (non-hydrogen) atoms. The van der Waals surface area contributed by atoms with Crippen LogP contribution in [0.5, 0.6) is 0 Å². The van der Waals surface area contributed by atoms with Crippen LogP contribution >= 0.6 is 0 Å². The summed E-state index contributed by atoms with van der Waals surface area (Å²) in [5.74, 6) is 0. The highest BCUT2D eigenvalue weighted by atomic mass is 16.3. The molecule has 1 unspecified atom stereocenters. The maximum atomic E-state index is 9.49. The van der Waals surface area contributed by atoms with Gasteiger partial charge in [0.25, 0.3) is 0 Å². The largest absolute Gasteiger partial charge is 0.390 e. The predicted octanol–water partition coefficient (Wildman–Crippen LogP) is 1.29. The summed E-state index contributed by atoms with van der Waals surface area (Å²) in [5.41, 5.74) is -0.243.